The first kappa shape index (κ1) is 20.0. The molecule has 1 aromatic heterocycles. The monoisotopic (exact) mass is 428 g/mol. The summed E-state index contributed by atoms with van der Waals surface area (Å²) in [5.41, 5.74) is 5.68. The van der Waals surface area contributed by atoms with Crippen molar-refractivity contribution in [1.82, 2.24) is 20.2 Å². The molecule has 6 rings (SSSR count). The Kier molecular flexibility index (Phi) is 5.22. The zero-order chi connectivity index (χ0) is 21.5. The maximum atomic E-state index is 13.1. The van der Waals surface area contributed by atoms with Crippen LogP contribution in [-0.4, -0.2) is 39.9 Å². The van der Waals surface area contributed by atoms with Crippen molar-refractivity contribution in [3.05, 3.63) is 65.0 Å². The molecule has 2 fully saturated rings. The molecule has 2 aromatic carbocycles. The maximum absolute atomic E-state index is 13.1. The molecule has 5 heteroatoms. The first-order chi connectivity index (χ1) is 15.7. The molecule has 2 atom stereocenters. The molecule has 2 heterocycles. The molecule has 32 heavy (non-hydrogen) atoms. The van der Waals surface area contributed by atoms with Crippen molar-refractivity contribution in [3.8, 4) is 0 Å². The molecular formula is C27H32N4O. The largest absolute Gasteiger partial charge is 0.349 e. The van der Waals surface area contributed by atoms with E-state index in [-0.39, 0.29) is 11.9 Å². The fraction of sp³-hybridized carbons (Fsp3) is 0.481. The molecular weight excluding hydrogens is 396 g/mol. The Bertz CT molecular complexity index is 1100. The van der Waals surface area contributed by atoms with Crippen molar-refractivity contribution in [2.24, 2.45) is 5.92 Å². The van der Waals surface area contributed by atoms with Crippen LogP contribution in [0.25, 0.3) is 11.0 Å². The molecule has 1 amide bonds. The minimum Gasteiger partial charge on any atom is -0.349 e. The summed E-state index contributed by atoms with van der Waals surface area (Å²) in [4.78, 5) is 24.0. The zero-order valence-electron chi connectivity index (χ0n) is 18.6. The third kappa shape index (κ3) is 4.18. The van der Waals surface area contributed by atoms with Crippen molar-refractivity contribution in [2.75, 3.05) is 13.1 Å². The van der Waals surface area contributed by atoms with Gasteiger partial charge in [-0.15, -0.1) is 0 Å². The summed E-state index contributed by atoms with van der Waals surface area (Å²) in [6, 6.07) is 14.7. The Hall–Kier alpha value is -2.66. The Morgan fingerprint density at radius 2 is 2.00 bits per heavy atom. The van der Waals surface area contributed by atoms with Crippen LogP contribution in [0.1, 0.15) is 71.8 Å². The maximum Gasteiger partial charge on any atom is 0.251 e. The van der Waals surface area contributed by atoms with E-state index < -0.39 is 0 Å². The SMILES string of the molecule is O=C(N[C@@H]1CCCC(c2nc3ccccc3[nH]2)C1)c1ccc2c(c1)CN(CC1CC1)CC2. The number of para-hydroxylation sites is 2. The van der Waals surface area contributed by atoms with Crippen LogP contribution in [-0.2, 0) is 13.0 Å². The van der Waals surface area contributed by atoms with E-state index in [1.165, 1.54) is 30.5 Å². The molecule has 1 unspecified atom stereocenters. The van der Waals surface area contributed by atoms with E-state index in [0.717, 1.165) is 73.5 Å². The first-order valence-corrected chi connectivity index (χ1v) is 12.3. The molecule has 2 aliphatic carbocycles. The molecule has 0 radical (unpaired) electrons. The van der Waals surface area contributed by atoms with Gasteiger partial charge in [-0.3, -0.25) is 9.69 Å². The number of imidazole rings is 1. The van der Waals surface area contributed by atoms with Gasteiger partial charge in [0, 0.05) is 37.2 Å². The van der Waals surface area contributed by atoms with E-state index in [0.29, 0.717) is 5.92 Å². The molecule has 0 bridgehead atoms. The smallest absolute Gasteiger partial charge is 0.251 e. The number of aromatic nitrogens is 2. The molecule has 2 N–H and O–H groups in total. The normalized spacial score (nSPS) is 23.8. The van der Waals surface area contributed by atoms with E-state index in [1.807, 2.05) is 18.2 Å². The number of hydrogen-bond acceptors (Lipinski definition) is 3. The minimum absolute atomic E-state index is 0.0716. The highest BCUT2D eigenvalue weighted by molar-refractivity contribution is 5.94. The highest BCUT2D eigenvalue weighted by atomic mass is 16.1. The van der Waals surface area contributed by atoms with Gasteiger partial charge in [-0.1, -0.05) is 24.6 Å². The molecule has 2 saturated carbocycles. The lowest BCUT2D eigenvalue weighted by molar-refractivity contribution is 0.0924. The molecule has 0 saturated heterocycles. The highest BCUT2D eigenvalue weighted by Crippen LogP contribution is 2.33. The second kappa shape index (κ2) is 8.36. The predicted molar refractivity (Wildman–Crippen MR) is 127 cm³/mol. The van der Waals surface area contributed by atoms with Crippen molar-refractivity contribution < 1.29 is 4.79 Å². The van der Waals surface area contributed by atoms with Crippen molar-refractivity contribution in [1.29, 1.82) is 0 Å². The van der Waals surface area contributed by atoms with Crippen LogP contribution in [0.4, 0.5) is 0 Å². The van der Waals surface area contributed by atoms with Crippen LogP contribution in [0.5, 0.6) is 0 Å². The molecule has 3 aromatic rings. The Morgan fingerprint density at radius 1 is 1.09 bits per heavy atom. The number of hydrogen-bond donors (Lipinski definition) is 2. The van der Waals surface area contributed by atoms with Gasteiger partial charge in [-0.2, -0.15) is 0 Å². The number of rotatable bonds is 5. The molecule has 1 aliphatic heterocycles. The van der Waals surface area contributed by atoms with Gasteiger partial charge in [0.05, 0.1) is 11.0 Å². The molecule has 3 aliphatic rings. The van der Waals surface area contributed by atoms with Crippen molar-refractivity contribution in [3.63, 3.8) is 0 Å². The standard InChI is InChI=1S/C27H32N4O/c32-27(21-11-10-19-12-13-31(16-18-8-9-18)17-22(19)14-21)28-23-5-3-4-20(15-23)26-29-24-6-1-2-7-25(24)30-26/h1-2,6-7,10-11,14,18,20,23H,3-5,8-9,12-13,15-17H2,(H,28,32)(H,29,30)/t20?,23-/m1/s1. The molecule has 166 valence electrons. The lowest BCUT2D eigenvalue weighted by atomic mass is 9.85. The number of benzene rings is 2. The van der Waals surface area contributed by atoms with E-state index in [9.17, 15) is 4.79 Å². The van der Waals surface area contributed by atoms with Gasteiger partial charge >= 0.3 is 0 Å². The van der Waals surface area contributed by atoms with Crippen LogP contribution in [0, 0.1) is 5.92 Å². The van der Waals surface area contributed by atoms with Crippen LogP contribution in [0.2, 0.25) is 0 Å². The summed E-state index contributed by atoms with van der Waals surface area (Å²) in [6.45, 7) is 3.37. The summed E-state index contributed by atoms with van der Waals surface area (Å²) < 4.78 is 0. The summed E-state index contributed by atoms with van der Waals surface area (Å²) in [5.74, 6) is 2.42. The average Bonchev–Trinajstić information content (AvgIpc) is 3.52. The number of nitrogens with one attached hydrogen (secondary N) is 2. The third-order valence-electron chi connectivity index (χ3n) is 7.58. The highest BCUT2D eigenvalue weighted by Gasteiger charge is 2.28. The van der Waals surface area contributed by atoms with E-state index in [1.54, 1.807) is 0 Å². The average molecular weight is 429 g/mol. The number of aromatic amines is 1. The predicted octanol–water partition coefficient (Wildman–Crippen LogP) is 4.79. The number of fused-ring (bicyclic) bond motifs is 2. The fourth-order valence-electron chi connectivity index (χ4n) is 5.58. The zero-order valence-corrected chi connectivity index (χ0v) is 18.6. The molecule has 0 spiro atoms. The Balaban J connectivity index is 1.12. The topological polar surface area (TPSA) is 61.0 Å². The van der Waals surface area contributed by atoms with Gasteiger partial charge in [0.15, 0.2) is 0 Å². The van der Waals surface area contributed by atoms with Gasteiger partial charge in [0.1, 0.15) is 5.82 Å². The summed E-state index contributed by atoms with van der Waals surface area (Å²) in [7, 11) is 0. The third-order valence-corrected chi connectivity index (χ3v) is 7.58. The second-order valence-corrected chi connectivity index (χ2v) is 10.1. The lowest BCUT2D eigenvalue weighted by Crippen LogP contribution is -2.38. The Morgan fingerprint density at radius 3 is 2.88 bits per heavy atom. The lowest BCUT2D eigenvalue weighted by Gasteiger charge is -2.30. The van der Waals surface area contributed by atoms with Gasteiger partial charge in [-0.05, 0) is 79.8 Å². The van der Waals surface area contributed by atoms with Crippen LogP contribution >= 0.6 is 0 Å². The van der Waals surface area contributed by atoms with Crippen LogP contribution in [0.15, 0.2) is 42.5 Å². The van der Waals surface area contributed by atoms with Gasteiger partial charge in [0.2, 0.25) is 0 Å². The quantitative estimate of drug-likeness (QED) is 0.614. The summed E-state index contributed by atoms with van der Waals surface area (Å²) in [6.07, 6.45) is 8.12. The Labute approximate surface area is 189 Å². The summed E-state index contributed by atoms with van der Waals surface area (Å²) in [5, 5.41) is 3.33. The van der Waals surface area contributed by atoms with Gasteiger partial charge in [0.25, 0.3) is 5.91 Å². The number of carbonyl (C=O) groups excluding carboxylic acids is 1. The van der Waals surface area contributed by atoms with Crippen molar-refractivity contribution in [2.45, 2.75) is 63.5 Å². The second-order valence-electron chi connectivity index (χ2n) is 10.1. The van der Waals surface area contributed by atoms with E-state index >= 15 is 0 Å². The van der Waals surface area contributed by atoms with Gasteiger partial charge in [-0.25, -0.2) is 4.98 Å². The van der Waals surface area contributed by atoms with E-state index in [4.69, 9.17) is 4.98 Å². The number of H-pyrrole nitrogens is 1. The number of amides is 1. The van der Waals surface area contributed by atoms with Crippen LogP contribution < -0.4 is 5.32 Å². The minimum atomic E-state index is 0.0716. The summed E-state index contributed by atoms with van der Waals surface area (Å²) >= 11 is 0. The first-order valence-electron chi connectivity index (χ1n) is 12.3. The van der Waals surface area contributed by atoms with Crippen molar-refractivity contribution >= 4 is 16.9 Å². The number of carbonyl (C=O) groups is 1. The fourth-order valence-corrected chi connectivity index (χ4v) is 5.58. The number of nitrogens with zero attached hydrogens (tertiary/aromatic N) is 2. The van der Waals surface area contributed by atoms with Gasteiger partial charge < -0.3 is 10.3 Å². The molecule has 5 nitrogen and oxygen atoms in total. The van der Waals surface area contributed by atoms with Crippen LogP contribution in [0.3, 0.4) is 0 Å². The van der Waals surface area contributed by atoms with E-state index in [2.05, 4.69) is 39.5 Å².